The highest BCUT2D eigenvalue weighted by atomic mass is 32.1. The van der Waals surface area contributed by atoms with Crippen LogP contribution in [0.15, 0.2) is 84.9 Å². The number of hydrogen-bond acceptors (Lipinski definition) is 9. The number of ether oxygens (including phenoxy) is 3. The van der Waals surface area contributed by atoms with Crippen LogP contribution in [-0.4, -0.2) is 73.2 Å². The van der Waals surface area contributed by atoms with Crippen LogP contribution in [0.5, 0.6) is 5.75 Å². The van der Waals surface area contributed by atoms with Gasteiger partial charge in [0.05, 0.1) is 36.6 Å². The standard InChI is InChI=1S/C38H35FN4O6S/c39-28-8-11-32-34(22-28)50-37(41-32)25-6-4-24(5-7-25)26-2-1-3-29(20-26)40-14-15-47-16-17-48-18-19-49-30-9-10-31-27(21-30)23-43(38(31)46)33-12-13-35(44)42-36(33)45/h1-11,20-22,33,40H,12-19,23H2,(H,42,44,45). The van der Waals surface area contributed by atoms with E-state index in [9.17, 15) is 18.8 Å². The van der Waals surface area contributed by atoms with E-state index in [1.54, 1.807) is 18.2 Å². The summed E-state index contributed by atoms with van der Waals surface area (Å²) in [5.74, 6) is -0.577. The number of carbonyl (C=O) groups excluding carboxylic acids is 3. The zero-order valence-corrected chi connectivity index (χ0v) is 28.0. The molecule has 0 spiro atoms. The first-order chi connectivity index (χ1) is 24.4. The average molecular weight is 695 g/mol. The van der Waals surface area contributed by atoms with Gasteiger partial charge in [-0.15, -0.1) is 11.3 Å². The molecule has 3 amide bonds. The third kappa shape index (κ3) is 7.67. The van der Waals surface area contributed by atoms with Crippen molar-refractivity contribution in [3.63, 3.8) is 0 Å². The quantitative estimate of drug-likeness (QED) is 0.107. The number of carbonyl (C=O) groups is 3. The molecule has 1 atom stereocenters. The molecular formula is C38H35FN4O6S. The zero-order chi connectivity index (χ0) is 34.5. The lowest BCUT2D eigenvalue weighted by molar-refractivity contribution is -0.136. The van der Waals surface area contributed by atoms with Gasteiger partial charge in [-0.1, -0.05) is 36.4 Å². The van der Waals surface area contributed by atoms with Crippen molar-refractivity contribution < 1.29 is 33.0 Å². The first kappa shape index (κ1) is 33.3. The highest BCUT2D eigenvalue weighted by molar-refractivity contribution is 7.21. The minimum atomic E-state index is -0.641. The molecule has 3 heterocycles. The molecule has 256 valence electrons. The maximum atomic E-state index is 13.6. The number of fused-ring (bicyclic) bond motifs is 2. The Morgan fingerprint density at radius 1 is 0.860 bits per heavy atom. The van der Waals surface area contributed by atoms with Gasteiger partial charge in [-0.2, -0.15) is 0 Å². The van der Waals surface area contributed by atoms with Gasteiger partial charge in [0.15, 0.2) is 0 Å². The molecule has 2 N–H and O–H groups in total. The highest BCUT2D eigenvalue weighted by Gasteiger charge is 2.39. The monoisotopic (exact) mass is 694 g/mol. The lowest BCUT2D eigenvalue weighted by Gasteiger charge is -2.29. The van der Waals surface area contributed by atoms with Crippen LogP contribution < -0.4 is 15.4 Å². The van der Waals surface area contributed by atoms with Crippen molar-refractivity contribution in [1.29, 1.82) is 0 Å². The summed E-state index contributed by atoms with van der Waals surface area (Å²) in [5.41, 5.74) is 6.31. The highest BCUT2D eigenvalue weighted by Crippen LogP contribution is 2.33. The number of benzene rings is 4. The average Bonchev–Trinajstić information content (AvgIpc) is 3.69. The minimum absolute atomic E-state index is 0.210. The van der Waals surface area contributed by atoms with Gasteiger partial charge in [0.1, 0.15) is 29.2 Å². The molecule has 1 fully saturated rings. The van der Waals surface area contributed by atoms with Crippen LogP contribution in [0.25, 0.3) is 31.9 Å². The summed E-state index contributed by atoms with van der Waals surface area (Å²) >= 11 is 1.48. The Hall–Kier alpha value is -5.17. The smallest absolute Gasteiger partial charge is 0.255 e. The van der Waals surface area contributed by atoms with Crippen LogP contribution in [0.3, 0.4) is 0 Å². The molecule has 10 nitrogen and oxygen atoms in total. The van der Waals surface area contributed by atoms with Crippen LogP contribution in [0, 0.1) is 5.82 Å². The minimum Gasteiger partial charge on any atom is -0.491 e. The molecule has 0 bridgehead atoms. The molecule has 5 aromatic rings. The molecule has 4 aromatic carbocycles. The van der Waals surface area contributed by atoms with Crippen molar-refractivity contribution in [3.8, 4) is 27.4 Å². The second-order valence-corrected chi connectivity index (χ2v) is 13.0. The Morgan fingerprint density at radius 3 is 2.50 bits per heavy atom. The summed E-state index contributed by atoms with van der Waals surface area (Å²) in [5, 5.41) is 6.58. The van der Waals surface area contributed by atoms with Crippen molar-refractivity contribution in [2.45, 2.75) is 25.4 Å². The largest absolute Gasteiger partial charge is 0.491 e. The third-order valence-corrected chi connectivity index (χ3v) is 9.68. The molecule has 2 aliphatic heterocycles. The lowest BCUT2D eigenvalue weighted by atomic mass is 10.0. The fourth-order valence-corrected chi connectivity index (χ4v) is 7.08. The summed E-state index contributed by atoms with van der Waals surface area (Å²) in [6, 6.07) is 25.7. The molecule has 1 unspecified atom stereocenters. The van der Waals surface area contributed by atoms with Gasteiger partial charge in [-0.3, -0.25) is 19.7 Å². The third-order valence-electron chi connectivity index (χ3n) is 8.62. The Bertz CT molecular complexity index is 2030. The van der Waals surface area contributed by atoms with Crippen LogP contribution in [0.1, 0.15) is 28.8 Å². The summed E-state index contributed by atoms with van der Waals surface area (Å²) in [6.07, 6.45) is 0.550. The second-order valence-electron chi connectivity index (χ2n) is 12.0. The number of nitrogens with one attached hydrogen (secondary N) is 2. The van der Waals surface area contributed by atoms with Crippen molar-refractivity contribution >= 4 is 45.0 Å². The van der Waals surface area contributed by atoms with Crippen molar-refractivity contribution in [2.24, 2.45) is 0 Å². The molecule has 12 heteroatoms. The number of imide groups is 1. The number of amides is 3. The lowest BCUT2D eigenvalue weighted by Crippen LogP contribution is -2.52. The predicted molar refractivity (Wildman–Crippen MR) is 189 cm³/mol. The SMILES string of the molecule is O=C1CCC(N2Cc3cc(OCCOCCOCCNc4cccc(-c5ccc(-c6nc7ccc(F)cc7s6)cc5)c4)ccc3C2=O)C(=O)N1. The Kier molecular flexibility index (Phi) is 10.1. The molecular weight excluding hydrogens is 660 g/mol. The summed E-state index contributed by atoms with van der Waals surface area (Å²) in [7, 11) is 0. The molecule has 1 saturated heterocycles. The molecule has 0 aliphatic carbocycles. The Labute approximate surface area is 292 Å². The van der Waals surface area contributed by atoms with E-state index < -0.39 is 11.9 Å². The predicted octanol–water partition coefficient (Wildman–Crippen LogP) is 6.05. The van der Waals surface area contributed by atoms with Crippen LogP contribution in [0.2, 0.25) is 0 Å². The maximum absolute atomic E-state index is 13.6. The second kappa shape index (κ2) is 15.2. The number of halogens is 1. The van der Waals surface area contributed by atoms with Crippen molar-refractivity contribution in [1.82, 2.24) is 15.2 Å². The van der Waals surface area contributed by atoms with Gasteiger partial charge in [0, 0.05) is 36.3 Å². The number of thiazole rings is 1. The van der Waals surface area contributed by atoms with Gasteiger partial charge in [-0.25, -0.2) is 9.37 Å². The van der Waals surface area contributed by atoms with E-state index in [0.29, 0.717) is 63.9 Å². The maximum Gasteiger partial charge on any atom is 0.255 e. The Morgan fingerprint density at radius 2 is 1.66 bits per heavy atom. The fraction of sp³-hybridized carbons (Fsp3) is 0.263. The van der Waals surface area contributed by atoms with Crippen molar-refractivity contribution in [3.05, 3.63) is 102 Å². The number of rotatable bonds is 14. The van der Waals surface area contributed by atoms with Gasteiger partial charge in [0.2, 0.25) is 11.8 Å². The number of piperidine rings is 1. The van der Waals surface area contributed by atoms with E-state index in [1.807, 2.05) is 30.3 Å². The number of nitrogens with zero attached hydrogens (tertiary/aromatic N) is 2. The first-order valence-electron chi connectivity index (χ1n) is 16.5. The van der Waals surface area contributed by atoms with E-state index in [1.165, 1.54) is 28.4 Å². The first-order valence-corrected chi connectivity index (χ1v) is 17.3. The van der Waals surface area contributed by atoms with Gasteiger partial charge in [0.25, 0.3) is 5.91 Å². The number of anilines is 1. The fourth-order valence-electron chi connectivity index (χ4n) is 6.08. The molecule has 7 rings (SSSR count). The van der Waals surface area contributed by atoms with Gasteiger partial charge < -0.3 is 24.4 Å². The topological polar surface area (TPSA) is 119 Å². The molecule has 50 heavy (non-hydrogen) atoms. The van der Waals surface area contributed by atoms with E-state index in [2.05, 4.69) is 39.9 Å². The number of hydrogen-bond donors (Lipinski definition) is 2. The molecule has 0 radical (unpaired) electrons. The summed E-state index contributed by atoms with van der Waals surface area (Å²) in [4.78, 5) is 42.7. The van der Waals surface area contributed by atoms with Gasteiger partial charge >= 0.3 is 0 Å². The van der Waals surface area contributed by atoms with Crippen LogP contribution in [0.4, 0.5) is 10.1 Å². The van der Waals surface area contributed by atoms with Crippen LogP contribution in [-0.2, 0) is 25.6 Å². The van der Waals surface area contributed by atoms with E-state index >= 15 is 0 Å². The summed E-state index contributed by atoms with van der Waals surface area (Å²) < 4.78 is 31.6. The Balaban J connectivity index is 0.782. The molecule has 0 saturated carbocycles. The number of aromatic nitrogens is 1. The van der Waals surface area contributed by atoms with E-state index in [0.717, 1.165) is 43.2 Å². The van der Waals surface area contributed by atoms with E-state index in [4.69, 9.17) is 14.2 Å². The van der Waals surface area contributed by atoms with Crippen molar-refractivity contribution in [2.75, 3.05) is 44.9 Å². The molecule has 1 aromatic heterocycles. The van der Waals surface area contributed by atoms with E-state index in [-0.39, 0.29) is 24.1 Å². The molecule has 2 aliphatic rings. The normalized spacial score (nSPS) is 15.7. The van der Waals surface area contributed by atoms with Gasteiger partial charge in [-0.05, 0) is 71.6 Å². The zero-order valence-electron chi connectivity index (χ0n) is 27.2. The van der Waals surface area contributed by atoms with Crippen LogP contribution >= 0.6 is 11.3 Å². The summed E-state index contributed by atoms with van der Waals surface area (Å²) in [6.45, 7) is 3.08.